The molecular formula is C18H22ClN3O2. The number of hydrogen-bond acceptors (Lipinski definition) is 5. The highest BCUT2D eigenvalue weighted by Crippen LogP contribution is 2.16. The largest absolute Gasteiger partial charge is 0.491 e. The Bertz CT molecular complexity index is 616. The van der Waals surface area contributed by atoms with E-state index in [0.717, 1.165) is 37.7 Å². The number of anilines is 1. The van der Waals surface area contributed by atoms with Gasteiger partial charge in [-0.2, -0.15) is 0 Å². The van der Waals surface area contributed by atoms with Gasteiger partial charge in [-0.05, 0) is 24.3 Å². The first kappa shape index (κ1) is 17.0. The number of aromatic nitrogens is 1. The molecule has 1 aromatic heterocycles. The Morgan fingerprint density at radius 1 is 1.08 bits per heavy atom. The third-order valence-electron chi connectivity index (χ3n) is 4.06. The van der Waals surface area contributed by atoms with E-state index in [9.17, 15) is 5.11 Å². The molecule has 1 aliphatic rings. The van der Waals surface area contributed by atoms with Crippen molar-refractivity contribution in [1.29, 1.82) is 0 Å². The van der Waals surface area contributed by atoms with E-state index in [1.807, 2.05) is 42.5 Å². The zero-order valence-corrected chi connectivity index (χ0v) is 14.3. The summed E-state index contributed by atoms with van der Waals surface area (Å²) in [6.07, 6.45) is 1.18. The van der Waals surface area contributed by atoms with Gasteiger partial charge in [0.2, 0.25) is 0 Å². The lowest BCUT2D eigenvalue weighted by molar-refractivity contribution is 0.0662. The summed E-state index contributed by atoms with van der Waals surface area (Å²) in [5, 5.41) is 10.8. The Morgan fingerprint density at radius 2 is 1.83 bits per heavy atom. The van der Waals surface area contributed by atoms with Gasteiger partial charge in [-0.1, -0.05) is 29.8 Å². The molecule has 6 heteroatoms. The summed E-state index contributed by atoms with van der Waals surface area (Å²) < 4.78 is 5.60. The maximum absolute atomic E-state index is 10.2. The molecule has 24 heavy (non-hydrogen) atoms. The molecule has 0 amide bonds. The third-order valence-corrected chi connectivity index (χ3v) is 4.29. The molecular weight excluding hydrogens is 326 g/mol. The third kappa shape index (κ3) is 4.84. The van der Waals surface area contributed by atoms with Crippen molar-refractivity contribution in [2.75, 3.05) is 44.2 Å². The van der Waals surface area contributed by atoms with Gasteiger partial charge in [0, 0.05) is 38.9 Å². The van der Waals surface area contributed by atoms with Crippen LogP contribution in [0.3, 0.4) is 0 Å². The van der Waals surface area contributed by atoms with Gasteiger partial charge in [0.05, 0.1) is 5.02 Å². The van der Waals surface area contributed by atoms with Crippen molar-refractivity contribution in [1.82, 2.24) is 9.88 Å². The maximum atomic E-state index is 10.2. The summed E-state index contributed by atoms with van der Waals surface area (Å²) in [7, 11) is 0. The topological polar surface area (TPSA) is 48.8 Å². The molecule has 1 fully saturated rings. The van der Waals surface area contributed by atoms with E-state index in [4.69, 9.17) is 16.3 Å². The van der Waals surface area contributed by atoms with E-state index >= 15 is 0 Å². The van der Waals surface area contributed by atoms with E-state index in [1.165, 1.54) is 0 Å². The van der Waals surface area contributed by atoms with E-state index in [0.29, 0.717) is 18.2 Å². The molecule has 1 unspecified atom stereocenters. The smallest absolute Gasteiger partial charge is 0.128 e. The molecule has 1 saturated heterocycles. The maximum Gasteiger partial charge on any atom is 0.128 e. The van der Waals surface area contributed by atoms with Crippen LogP contribution in [0.5, 0.6) is 5.75 Å². The van der Waals surface area contributed by atoms with Gasteiger partial charge in [-0.3, -0.25) is 4.90 Å². The monoisotopic (exact) mass is 347 g/mol. The molecule has 2 heterocycles. The van der Waals surface area contributed by atoms with Gasteiger partial charge in [0.15, 0.2) is 0 Å². The lowest BCUT2D eigenvalue weighted by Gasteiger charge is -2.36. The van der Waals surface area contributed by atoms with Crippen LogP contribution in [0, 0.1) is 0 Å². The van der Waals surface area contributed by atoms with Crippen LogP contribution < -0.4 is 9.64 Å². The zero-order chi connectivity index (χ0) is 16.8. The minimum Gasteiger partial charge on any atom is -0.491 e. The number of piperazine rings is 1. The summed E-state index contributed by atoms with van der Waals surface area (Å²) in [6, 6.07) is 13.4. The van der Waals surface area contributed by atoms with Crippen LogP contribution in [-0.2, 0) is 0 Å². The summed E-state index contributed by atoms with van der Waals surface area (Å²) >= 11 is 5.88. The number of pyridine rings is 1. The fourth-order valence-electron chi connectivity index (χ4n) is 2.77. The van der Waals surface area contributed by atoms with Gasteiger partial charge in [0.1, 0.15) is 24.3 Å². The van der Waals surface area contributed by atoms with Crippen molar-refractivity contribution in [3.63, 3.8) is 0 Å². The number of aliphatic hydroxyl groups excluding tert-OH is 1. The molecule has 128 valence electrons. The molecule has 0 radical (unpaired) electrons. The standard InChI is InChI=1S/C18H22ClN3O2/c19-15-6-7-18(20-12-15)22-10-8-21(9-11-22)13-16(23)14-24-17-4-2-1-3-5-17/h1-7,12,16,23H,8-11,13-14H2. The quantitative estimate of drug-likeness (QED) is 0.869. The second-order valence-electron chi connectivity index (χ2n) is 5.90. The van der Waals surface area contributed by atoms with Crippen molar-refractivity contribution in [3.05, 3.63) is 53.7 Å². The summed E-state index contributed by atoms with van der Waals surface area (Å²) in [5.74, 6) is 1.74. The Hall–Kier alpha value is -1.82. The summed E-state index contributed by atoms with van der Waals surface area (Å²) in [6.45, 7) is 4.50. The molecule has 0 spiro atoms. The predicted molar refractivity (Wildman–Crippen MR) is 95.8 cm³/mol. The molecule has 0 saturated carbocycles. The molecule has 1 atom stereocenters. The second-order valence-corrected chi connectivity index (χ2v) is 6.34. The lowest BCUT2D eigenvalue weighted by atomic mass is 10.2. The van der Waals surface area contributed by atoms with Crippen LogP contribution in [0.1, 0.15) is 0 Å². The first-order valence-electron chi connectivity index (χ1n) is 8.15. The first-order valence-corrected chi connectivity index (χ1v) is 8.53. The number of rotatable bonds is 6. The van der Waals surface area contributed by atoms with Crippen LogP contribution in [0.2, 0.25) is 5.02 Å². The average molecular weight is 348 g/mol. The van der Waals surface area contributed by atoms with Crippen LogP contribution in [0.4, 0.5) is 5.82 Å². The highest BCUT2D eigenvalue weighted by molar-refractivity contribution is 6.30. The zero-order valence-electron chi connectivity index (χ0n) is 13.5. The van der Waals surface area contributed by atoms with Gasteiger partial charge in [-0.15, -0.1) is 0 Å². The van der Waals surface area contributed by atoms with Gasteiger partial charge in [0.25, 0.3) is 0 Å². The minimum atomic E-state index is -0.495. The fraction of sp³-hybridized carbons (Fsp3) is 0.389. The Morgan fingerprint density at radius 3 is 2.50 bits per heavy atom. The first-order chi connectivity index (χ1) is 11.7. The van der Waals surface area contributed by atoms with Crippen molar-refractivity contribution in [3.8, 4) is 5.75 Å². The normalized spacial score (nSPS) is 16.8. The van der Waals surface area contributed by atoms with Gasteiger partial charge >= 0.3 is 0 Å². The van der Waals surface area contributed by atoms with Crippen LogP contribution in [0.15, 0.2) is 48.7 Å². The van der Waals surface area contributed by atoms with Crippen molar-refractivity contribution >= 4 is 17.4 Å². The van der Waals surface area contributed by atoms with Crippen LogP contribution >= 0.6 is 11.6 Å². The number of halogens is 1. The van der Waals surface area contributed by atoms with Crippen molar-refractivity contribution < 1.29 is 9.84 Å². The highest BCUT2D eigenvalue weighted by atomic mass is 35.5. The average Bonchev–Trinajstić information content (AvgIpc) is 2.62. The number of hydrogen-bond donors (Lipinski definition) is 1. The highest BCUT2D eigenvalue weighted by Gasteiger charge is 2.20. The van der Waals surface area contributed by atoms with Crippen molar-refractivity contribution in [2.45, 2.75) is 6.10 Å². The summed E-state index contributed by atoms with van der Waals surface area (Å²) in [4.78, 5) is 8.85. The number of nitrogens with zero attached hydrogens (tertiary/aromatic N) is 3. The van der Waals surface area contributed by atoms with E-state index in [-0.39, 0.29) is 0 Å². The Balaban J connectivity index is 1.41. The Labute approximate surface area is 147 Å². The molecule has 2 aromatic rings. The number of benzene rings is 1. The Kier molecular flexibility index (Phi) is 5.91. The van der Waals surface area contributed by atoms with Crippen LogP contribution in [0.25, 0.3) is 0 Å². The van der Waals surface area contributed by atoms with E-state index in [1.54, 1.807) is 6.20 Å². The van der Waals surface area contributed by atoms with Gasteiger partial charge in [-0.25, -0.2) is 4.98 Å². The van der Waals surface area contributed by atoms with E-state index in [2.05, 4.69) is 14.8 Å². The SMILES string of the molecule is OC(COc1ccccc1)CN1CCN(c2ccc(Cl)cn2)CC1. The molecule has 5 nitrogen and oxygen atoms in total. The van der Waals surface area contributed by atoms with Gasteiger partial charge < -0.3 is 14.7 Å². The molecule has 1 aliphatic heterocycles. The molecule has 0 bridgehead atoms. The predicted octanol–water partition coefficient (Wildman–Crippen LogP) is 2.30. The van der Waals surface area contributed by atoms with E-state index < -0.39 is 6.10 Å². The van der Waals surface area contributed by atoms with Crippen LogP contribution in [-0.4, -0.2) is 60.4 Å². The number of aliphatic hydroxyl groups is 1. The molecule has 0 aliphatic carbocycles. The summed E-state index contributed by atoms with van der Waals surface area (Å²) in [5.41, 5.74) is 0. The molecule has 3 rings (SSSR count). The molecule has 1 aromatic carbocycles. The fourth-order valence-corrected chi connectivity index (χ4v) is 2.89. The second kappa shape index (κ2) is 8.33. The minimum absolute atomic E-state index is 0.308. The van der Waals surface area contributed by atoms with Crippen molar-refractivity contribution in [2.24, 2.45) is 0 Å². The number of β-amino-alcohol motifs (C(OH)–C–C–N with tert-alkyl or cyclic N) is 1. The molecule has 1 N–H and O–H groups in total. The lowest BCUT2D eigenvalue weighted by Crippen LogP contribution is -2.49. The number of para-hydroxylation sites is 1. The number of ether oxygens (including phenoxy) is 1.